The van der Waals surface area contributed by atoms with Crippen molar-refractivity contribution in [2.75, 3.05) is 20.8 Å². The van der Waals surface area contributed by atoms with Crippen LogP contribution in [-0.2, 0) is 11.2 Å². The molecule has 0 spiro atoms. The Hall–Kier alpha value is -1.27. The molecule has 22 heavy (non-hydrogen) atoms. The van der Waals surface area contributed by atoms with Crippen LogP contribution in [0.5, 0.6) is 11.5 Å². The minimum absolute atomic E-state index is 0.114. The molecule has 0 aliphatic heterocycles. The van der Waals surface area contributed by atoms with Gasteiger partial charge in [-0.15, -0.1) is 0 Å². The summed E-state index contributed by atoms with van der Waals surface area (Å²) in [5.41, 5.74) is 6.83. The molecule has 1 rings (SSSR count). The highest BCUT2D eigenvalue weighted by molar-refractivity contribution is 9.10. The first-order chi connectivity index (χ1) is 10.4. The van der Waals surface area contributed by atoms with Crippen LogP contribution in [0.3, 0.4) is 0 Å². The van der Waals surface area contributed by atoms with Gasteiger partial charge in [0.2, 0.25) is 5.91 Å². The molecule has 0 saturated heterocycles. The maximum Gasteiger partial charge on any atom is 0.236 e. The molecule has 124 valence electrons. The van der Waals surface area contributed by atoms with Crippen LogP contribution in [0.1, 0.15) is 25.8 Å². The zero-order valence-electron chi connectivity index (χ0n) is 13.6. The van der Waals surface area contributed by atoms with Crippen LogP contribution in [0.15, 0.2) is 16.6 Å². The summed E-state index contributed by atoms with van der Waals surface area (Å²) >= 11 is 3.42. The fourth-order valence-corrected chi connectivity index (χ4v) is 2.67. The van der Waals surface area contributed by atoms with Crippen LogP contribution in [-0.4, -0.2) is 32.7 Å². The van der Waals surface area contributed by atoms with E-state index < -0.39 is 6.04 Å². The van der Waals surface area contributed by atoms with Crippen LogP contribution >= 0.6 is 15.9 Å². The fraction of sp³-hybridized carbons (Fsp3) is 0.562. The normalized spacial score (nSPS) is 12.1. The molecule has 1 atom stereocenters. The van der Waals surface area contributed by atoms with Crippen molar-refractivity contribution in [3.05, 3.63) is 22.2 Å². The standard InChI is InChI=1S/C16H25BrN2O3/c1-10(2)7-13(18)16(20)19-6-5-11-8-15(22-4)12(17)9-14(11)21-3/h8-10,13H,5-7,18H2,1-4H3,(H,19,20)/t13-/m0/s1. The number of carbonyl (C=O) groups is 1. The van der Waals surface area contributed by atoms with Crippen molar-refractivity contribution in [3.63, 3.8) is 0 Å². The van der Waals surface area contributed by atoms with E-state index in [1.54, 1.807) is 14.2 Å². The lowest BCUT2D eigenvalue weighted by molar-refractivity contribution is -0.122. The Morgan fingerprint density at radius 1 is 1.27 bits per heavy atom. The van der Waals surface area contributed by atoms with Gasteiger partial charge in [-0.2, -0.15) is 0 Å². The van der Waals surface area contributed by atoms with Crippen molar-refractivity contribution >= 4 is 21.8 Å². The van der Waals surface area contributed by atoms with E-state index in [1.807, 2.05) is 26.0 Å². The van der Waals surface area contributed by atoms with Gasteiger partial charge in [-0.25, -0.2) is 0 Å². The zero-order valence-corrected chi connectivity index (χ0v) is 15.2. The van der Waals surface area contributed by atoms with Gasteiger partial charge < -0.3 is 20.5 Å². The Bertz CT molecular complexity index is 506. The number of amides is 1. The molecule has 0 bridgehead atoms. The SMILES string of the molecule is COc1cc(CCNC(=O)[C@@H](N)CC(C)C)c(OC)cc1Br. The van der Waals surface area contributed by atoms with Crippen molar-refractivity contribution < 1.29 is 14.3 Å². The number of ether oxygens (including phenoxy) is 2. The summed E-state index contributed by atoms with van der Waals surface area (Å²) in [5.74, 6) is 1.78. The van der Waals surface area contributed by atoms with E-state index in [0.29, 0.717) is 25.3 Å². The van der Waals surface area contributed by atoms with E-state index in [0.717, 1.165) is 21.5 Å². The Kier molecular flexibility index (Phi) is 7.68. The molecule has 0 fully saturated rings. The summed E-state index contributed by atoms with van der Waals surface area (Å²) in [5, 5.41) is 2.87. The third-order valence-electron chi connectivity index (χ3n) is 3.31. The summed E-state index contributed by atoms with van der Waals surface area (Å²) in [6, 6.07) is 3.31. The van der Waals surface area contributed by atoms with E-state index in [-0.39, 0.29) is 5.91 Å². The van der Waals surface area contributed by atoms with Crippen LogP contribution in [0.4, 0.5) is 0 Å². The average Bonchev–Trinajstić information content (AvgIpc) is 2.47. The van der Waals surface area contributed by atoms with E-state index in [9.17, 15) is 4.79 Å². The van der Waals surface area contributed by atoms with E-state index >= 15 is 0 Å². The molecule has 0 aliphatic rings. The smallest absolute Gasteiger partial charge is 0.236 e. The second-order valence-electron chi connectivity index (χ2n) is 5.58. The molecular formula is C16H25BrN2O3. The van der Waals surface area contributed by atoms with Crippen molar-refractivity contribution in [3.8, 4) is 11.5 Å². The minimum Gasteiger partial charge on any atom is -0.496 e. The Balaban J connectivity index is 2.62. The lowest BCUT2D eigenvalue weighted by Crippen LogP contribution is -2.42. The van der Waals surface area contributed by atoms with E-state index in [4.69, 9.17) is 15.2 Å². The minimum atomic E-state index is -0.457. The molecule has 6 heteroatoms. The number of carbonyl (C=O) groups excluding carboxylic acids is 1. The second kappa shape index (κ2) is 9.00. The number of benzene rings is 1. The molecule has 5 nitrogen and oxygen atoms in total. The molecule has 0 aliphatic carbocycles. The van der Waals surface area contributed by atoms with Crippen molar-refractivity contribution in [1.29, 1.82) is 0 Å². The Morgan fingerprint density at radius 2 is 1.91 bits per heavy atom. The lowest BCUT2D eigenvalue weighted by atomic mass is 10.0. The first kappa shape index (κ1) is 18.8. The maximum atomic E-state index is 11.9. The highest BCUT2D eigenvalue weighted by Gasteiger charge is 2.15. The summed E-state index contributed by atoms with van der Waals surface area (Å²) in [7, 11) is 3.23. The number of hydrogen-bond donors (Lipinski definition) is 2. The quantitative estimate of drug-likeness (QED) is 0.734. The van der Waals surface area contributed by atoms with Crippen molar-refractivity contribution in [1.82, 2.24) is 5.32 Å². The molecule has 1 amide bonds. The van der Waals surface area contributed by atoms with Gasteiger partial charge in [0.05, 0.1) is 24.7 Å². The van der Waals surface area contributed by atoms with Crippen molar-refractivity contribution in [2.24, 2.45) is 11.7 Å². The molecule has 0 radical (unpaired) electrons. The van der Waals surface area contributed by atoms with Gasteiger partial charge in [0.1, 0.15) is 11.5 Å². The van der Waals surface area contributed by atoms with Crippen molar-refractivity contribution in [2.45, 2.75) is 32.7 Å². The third-order valence-corrected chi connectivity index (χ3v) is 3.93. The van der Waals surface area contributed by atoms with Crippen LogP contribution in [0.2, 0.25) is 0 Å². The summed E-state index contributed by atoms with van der Waals surface area (Å²) in [6.07, 6.45) is 1.33. The fourth-order valence-electron chi connectivity index (χ4n) is 2.19. The zero-order chi connectivity index (χ0) is 16.7. The lowest BCUT2D eigenvalue weighted by Gasteiger charge is -2.15. The number of nitrogens with two attached hydrogens (primary N) is 1. The summed E-state index contributed by atoms with van der Waals surface area (Å²) in [6.45, 7) is 4.60. The number of rotatable bonds is 8. The monoisotopic (exact) mass is 372 g/mol. The molecule has 1 aromatic carbocycles. The molecule has 0 aromatic heterocycles. The predicted molar refractivity (Wildman–Crippen MR) is 91.4 cm³/mol. The summed E-state index contributed by atoms with van der Waals surface area (Å²) in [4.78, 5) is 11.9. The van der Waals surface area contributed by atoms with Gasteiger partial charge in [-0.05, 0) is 52.4 Å². The first-order valence-corrected chi connectivity index (χ1v) is 8.12. The van der Waals surface area contributed by atoms with E-state index in [1.165, 1.54) is 0 Å². The average molecular weight is 373 g/mol. The van der Waals surface area contributed by atoms with Crippen LogP contribution in [0, 0.1) is 5.92 Å². The van der Waals surface area contributed by atoms with Gasteiger partial charge in [-0.1, -0.05) is 13.8 Å². The van der Waals surface area contributed by atoms with Gasteiger partial charge in [-0.3, -0.25) is 4.79 Å². The topological polar surface area (TPSA) is 73.6 Å². The maximum absolute atomic E-state index is 11.9. The van der Waals surface area contributed by atoms with E-state index in [2.05, 4.69) is 21.2 Å². The molecule has 3 N–H and O–H groups in total. The Morgan fingerprint density at radius 3 is 2.45 bits per heavy atom. The Labute approximate surface area is 140 Å². The van der Waals surface area contributed by atoms with Crippen LogP contribution in [0.25, 0.3) is 0 Å². The molecular weight excluding hydrogens is 348 g/mol. The van der Waals surface area contributed by atoms with Gasteiger partial charge in [0, 0.05) is 6.54 Å². The number of hydrogen-bond acceptors (Lipinski definition) is 4. The molecule has 0 saturated carbocycles. The van der Waals surface area contributed by atoms with Gasteiger partial charge in [0.25, 0.3) is 0 Å². The highest BCUT2D eigenvalue weighted by Crippen LogP contribution is 2.32. The number of methoxy groups -OCH3 is 2. The molecule has 0 unspecified atom stereocenters. The van der Waals surface area contributed by atoms with Crippen LogP contribution < -0.4 is 20.5 Å². The number of halogens is 1. The summed E-state index contributed by atoms with van der Waals surface area (Å²) < 4.78 is 11.5. The first-order valence-electron chi connectivity index (χ1n) is 7.32. The van der Waals surface area contributed by atoms with Gasteiger partial charge >= 0.3 is 0 Å². The number of nitrogens with one attached hydrogen (secondary N) is 1. The predicted octanol–water partition coefficient (Wildman–Crippen LogP) is 2.50. The second-order valence-corrected chi connectivity index (χ2v) is 6.43. The molecule has 1 aromatic rings. The molecule has 0 heterocycles. The van der Waals surface area contributed by atoms with Gasteiger partial charge in [0.15, 0.2) is 0 Å². The largest absolute Gasteiger partial charge is 0.496 e. The highest BCUT2D eigenvalue weighted by atomic mass is 79.9. The third kappa shape index (κ3) is 5.50.